The first-order chi connectivity index (χ1) is 37.0. The number of nitrogens with two attached hydrogens (primary N) is 1. The number of ether oxygens (including phenoxy) is 6. The Balaban J connectivity index is 0.915. The molecule has 5 amide bonds. The number of carbonyl (C=O) groups is 6. The molecule has 10 rings (SSSR count). The molecule has 22 nitrogen and oxygen atoms in total. The normalized spacial score (nSPS) is 37.7. The lowest BCUT2D eigenvalue weighted by Gasteiger charge is -2.60. The Morgan fingerprint density at radius 1 is 0.595 bits per heavy atom. The van der Waals surface area contributed by atoms with Crippen molar-refractivity contribution < 1.29 is 76.7 Å². The monoisotopic (exact) mass is 1120 g/mol. The van der Waals surface area contributed by atoms with Gasteiger partial charge in [-0.3, -0.25) is 24.0 Å². The second-order valence-corrected chi connectivity index (χ2v) is 26.7. The molecule has 0 aromatic heterocycles. The van der Waals surface area contributed by atoms with Gasteiger partial charge < -0.3 is 59.9 Å². The summed E-state index contributed by atoms with van der Waals surface area (Å²) in [5, 5.41) is 8.43. The fraction of sp³-hybridized carbons (Fsp3) is 0.895. The lowest BCUT2D eigenvalue weighted by Crippen LogP contribution is -2.70. The number of hydrogen-bond acceptors (Lipinski definition) is 17. The summed E-state index contributed by atoms with van der Waals surface area (Å²) in [5.74, 6) is -3.55. The number of hydrogen-bond donors (Lipinski definition) is 4. The topological polar surface area (TPSA) is 263 Å². The number of nitrogens with one attached hydrogen (secondary N) is 3. The molecule has 22 heteroatoms. The zero-order chi connectivity index (χ0) is 57.5. The third-order valence-electron chi connectivity index (χ3n) is 18.5. The summed E-state index contributed by atoms with van der Waals surface area (Å²) >= 11 is 0. The van der Waals surface area contributed by atoms with E-state index in [1.54, 1.807) is 41.5 Å². The zero-order valence-corrected chi connectivity index (χ0v) is 49.2. The lowest BCUT2D eigenvalue weighted by molar-refractivity contribution is -0.571. The fourth-order valence-electron chi connectivity index (χ4n) is 14.3. The quantitative estimate of drug-likeness (QED) is 0.0664. The van der Waals surface area contributed by atoms with Crippen LogP contribution in [-0.2, 0) is 71.9 Å². The Labute approximate surface area is 467 Å². The molecule has 2 saturated carbocycles. The molecule has 8 saturated heterocycles. The number of nitrogens with zero attached hydrogens (tertiary/aromatic N) is 2. The van der Waals surface area contributed by atoms with Crippen LogP contribution in [0.4, 0.5) is 4.79 Å². The standard InChI is InChI=1S/C57H94N6O16/c1-33-16-18-39-35(3)42(70-49-56(39)37(33)20-22-54(11,73-49)76-78-56)29-45(65)62(28-26-60-48(68)41(58)15-13-14-24-61-51(69)75-53(8,9)10)31-44(64)59-25-27-63(32-47(67)72-52(5,6)7)46(66)30-43-36(4)40-19-17-34(2)38-21-23-55(12)74-50(71-43)57(38,40)79-77-55/h33-43,49-50H,13-32,58H2,1-12H3,(H,59,64)(H,60,68)(H,61,69)/t33-,34-,35-,36-,37+,38+,39+,40+,41+,42-,43-,49-,50-,54-,55-,56-,57-/m1/s1. The van der Waals surface area contributed by atoms with Crippen molar-refractivity contribution in [3.8, 4) is 0 Å². The number of unbranched alkanes of at least 4 members (excludes halogenated alkanes) is 1. The lowest BCUT2D eigenvalue weighted by atomic mass is 9.57. The summed E-state index contributed by atoms with van der Waals surface area (Å²) < 4.78 is 37.5. The zero-order valence-electron chi connectivity index (χ0n) is 49.2. The summed E-state index contributed by atoms with van der Waals surface area (Å²) in [5.41, 5.74) is 3.22. The first-order valence-corrected chi connectivity index (χ1v) is 29.5. The van der Waals surface area contributed by atoms with Crippen LogP contribution in [0.2, 0.25) is 0 Å². The van der Waals surface area contributed by atoms with Crippen molar-refractivity contribution in [3.63, 3.8) is 0 Å². The van der Waals surface area contributed by atoms with Gasteiger partial charge in [0.2, 0.25) is 35.2 Å². The minimum absolute atomic E-state index is 0.000815. The molecule has 8 heterocycles. The van der Waals surface area contributed by atoms with Crippen molar-refractivity contribution in [1.82, 2.24) is 25.8 Å². The Morgan fingerprint density at radius 2 is 1.08 bits per heavy atom. The summed E-state index contributed by atoms with van der Waals surface area (Å²) in [6.45, 7) is 22.4. The molecule has 0 unspecified atom stereocenters. The van der Waals surface area contributed by atoms with Crippen LogP contribution in [-0.4, -0.2) is 156 Å². The SMILES string of the molecule is C[C@H]1[C@@H](CC(=O)N(CCNC(=O)[C@@H](N)CCCCNC(=O)OC(C)(C)C)CC(=O)NCCN(CC(=O)OC(C)(C)C)C(=O)C[C@H]2O[C@@H]3O[C@@]4(C)CC[C@H]5[C@H](C)CC[C@@H]([C@H]2C)[C@@]35OO4)O[C@@H]2O[C@@]3(C)CC[C@H]4[C@H](C)CC[C@@H]1[C@@]24OO3. The molecule has 79 heavy (non-hydrogen) atoms. The molecule has 0 aromatic carbocycles. The van der Waals surface area contributed by atoms with Gasteiger partial charge in [-0.05, 0) is 149 Å². The Hall–Kier alpha value is -3.74. The van der Waals surface area contributed by atoms with E-state index in [-0.39, 0.29) is 99.4 Å². The maximum absolute atomic E-state index is 14.6. The van der Waals surface area contributed by atoms with Crippen molar-refractivity contribution >= 4 is 35.7 Å². The summed E-state index contributed by atoms with van der Waals surface area (Å²) in [6.07, 6.45) is 4.87. The van der Waals surface area contributed by atoms with E-state index in [9.17, 15) is 28.8 Å². The number of rotatable bonds is 20. The highest BCUT2D eigenvalue weighted by atomic mass is 17.3. The van der Waals surface area contributed by atoms with Crippen LogP contribution in [0.5, 0.6) is 0 Å². The Kier molecular flexibility index (Phi) is 18.8. The average molecular weight is 1120 g/mol. The second-order valence-electron chi connectivity index (χ2n) is 26.7. The van der Waals surface area contributed by atoms with E-state index < -0.39 is 88.7 Å². The molecule has 10 fully saturated rings. The summed E-state index contributed by atoms with van der Waals surface area (Å²) in [7, 11) is 0. The molecule has 2 spiro atoms. The van der Waals surface area contributed by atoms with Crippen molar-refractivity contribution in [1.29, 1.82) is 0 Å². The molecule has 8 aliphatic heterocycles. The van der Waals surface area contributed by atoms with Crippen LogP contribution in [0.3, 0.4) is 0 Å². The van der Waals surface area contributed by atoms with Gasteiger partial charge in [-0.2, -0.15) is 0 Å². The molecule has 0 radical (unpaired) electrons. The van der Waals surface area contributed by atoms with Crippen LogP contribution < -0.4 is 21.7 Å². The van der Waals surface area contributed by atoms with Crippen LogP contribution in [0.1, 0.15) is 167 Å². The van der Waals surface area contributed by atoms with E-state index in [0.717, 1.165) is 38.5 Å². The van der Waals surface area contributed by atoms with Crippen molar-refractivity contribution in [3.05, 3.63) is 0 Å². The van der Waals surface area contributed by atoms with Gasteiger partial charge in [0, 0.05) is 57.4 Å². The first-order valence-electron chi connectivity index (χ1n) is 29.5. The number of fused-ring (bicyclic) bond motifs is 4. The van der Waals surface area contributed by atoms with E-state index in [1.807, 2.05) is 13.8 Å². The number of amides is 5. The van der Waals surface area contributed by atoms with Crippen molar-refractivity contribution in [2.45, 2.75) is 231 Å². The Morgan fingerprint density at radius 3 is 1.57 bits per heavy atom. The second kappa shape index (κ2) is 24.2. The van der Waals surface area contributed by atoms with Crippen LogP contribution >= 0.6 is 0 Å². The first kappa shape index (κ1) is 61.3. The smallest absolute Gasteiger partial charge is 0.407 e. The van der Waals surface area contributed by atoms with Gasteiger partial charge in [-0.1, -0.05) is 27.7 Å². The van der Waals surface area contributed by atoms with Gasteiger partial charge >= 0.3 is 12.1 Å². The van der Waals surface area contributed by atoms with Crippen LogP contribution in [0.15, 0.2) is 0 Å². The molecular weight excluding hydrogens is 1020 g/mol. The largest absolute Gasteiger partial charge is 0.459 e. The molecular formula is C57H94N6O16. The third kappa shape index (κ3) is 13.7. The third-order valence-corrected chi connectivity index (χ3v) is 18.5. The maximum Gasteiger partial charge on any atom is 0.407 e. The highest BCUT2D eigenvalue weighted by Crippen LogP contribution is 2.62. The minimum atomic E-state index is -1.00. The van der Waals surface area contributed by atoms with Crippen LogP contribution in [0.25, 0.3) is 0 Å². The van der Waals surface area contributed by atoms with E-state index in [1.165, 1.54) is 9.80 Å². The van der Waals surface area contributed by atoms with Gasteiger partial charge in [0.1, 0.15) is 17.7 Å². The van der Waals surface area contributed by atoms with E-state index in [4.69, 9.17) is 53.7 Å². The predicted octanol–water partition coefficient (Wildman–Crippen LogP) is 5.52. The van der Waals surface area contributed by atoms with Gasteiger partial charge in [-0.15, -0.1) is 0 Å². The van der Waals surface area contributed by atoms with Gasteiger partial charge in [0.05, 0.1) is 37.6 Å². The fourth-order valence-corrected chi connectivity index (χ4v) is 14.3. The highest BCUT2D eigenvalue weighted by Gasteiger charge is 2.71. The van der Waals surface area contributed by atoms with Crippen molar-refractivity contribution in [2.24, 2.45) is 53.1 Å². The maximum atomic E-state index is 14.6. The molecule has 17 atom stereocenters. The highest BCUT2D eigenvalue weighted by molar-refractivity contribution is 5.86. The molecule has 0 aromatic rings. The number of carbonyl (C=O) groups excluding carboxylic acids is 6. The molecule has 5 N–H and O–H groups in total. The molecule has 10 aliphatic rings. The molecule has 448 valence electrons. The number of esters is 1. The average Bonchev–Trinajstić information content (AvgIpc) is 3.14. The number of alkyl carbamates (subject to hydrolysis) is 1. The van der Waals surface area contributed by atoms with E-state index >= 15 is 0 Å². The summed E-state index contributed by atoms with van der Waals surface area (Å²) in [6, 6.07) is -0.852. The molecule has 4 bridgehead atoms. The predicted molar refractivity (Wildman–Crippen MR) is 284 cm³/mol. The minimum Gasteiger partial charge on any atom is -0.459 e. The van der Waals surface area contributed by atoms with Crippen molar-refractivity contribution in [2.75, 3.05) is 45.8 Å². The van der Waals surface area contributed by atoms with E-state index in [2.05, 4.69) is 43.6 Å². The van der Waals surface area contributed by atoms with Gasteiger partial charge in [0.25, 0.3) is 0 Å². The Bertz CT molecular complexity index is 2210. The van der Waals surface area contributed by atoms with Crippen LogP contribution in [0, 0.1) is 47.3 Å². The summed E-state index contributed by atoms with van der Waals surface area (Å²) in [4.78, 5) is 109. The van der Waals surface area contributed by atoms with Gasteiger partial charge in [0.15, 0.2) is 23.8 Å². The molecule has 2 aliphatic carbocycles. The van der Waals surface area contributed by atoms with Gasteiger partial charge in [-0.25, -0.2) is 24.3 Å². The van der Waals surface area contributed by atoms with E-state index in [0.29, 0.717) is 50.5 Å².